The minimum absolute atomic E-state index is 0.0549. The molecule has 1 aliphatic carbocycles. The molecule has 61 heavy (non-hydrogen) atoms. The first-order valence-corrected chi connectivity index (χ1v) is 21.0. The zero-order chi connectivity index (χ0) is 40.9. The highest BCUT2D eigenvalue weighted by molar-refractivity contribution is 6.12. The third-order valence-corrected chi connectivity index (χ3v) is 12.6. The van der Waals surface area contributed by atoms with Crippen molar-refractivity contribution >= 4 is 43.1 Å². The first-order chi connectivity index (χ1) is 30.1. The molecule has 0 bridgehead atoms. The Labute approximate surface area is 354 Å². The molecule has 0 amide bonds. The largest absolute Gasteiger partial charge is 0.491 e. The van der Waals surface area contributed by atoms with Gasteiger partial charge in [-0.3, -0.25) is 0 Å². The third-order valence-electron chi connectivity index (χ3n) is 12.6. The fourth-order valence-electron chi connectivity index (χ4n) is 9.88. The standard InChI is InChI=1S/C57H42O4/c58-27-29-60-55-33-41-19-23-43(35-51(41)45-15-7-9-17-49(45)55)57(44-24-20-42-34-56(61-30-28-59)50-18-10-8-16-46(50)52(42)36-44)53-31-39(37-11-3-1-4-12-37)21-25-47(53)48-26-22-40(32-54(48)57)38-13-5-2-6-14-38/h1-26,31-36,58-59H,27-30H2. The Morgan fingerprint density at radius 2 is 0.754 bits per heavy atom. The van der Waals surface area contributed by atoms with E-state index < -0.39 is 5.41 Å². The van der Waals surface area contributed by atoms with Gasteiger partial charge in [-0.25, -0.2) is 0 Å². The van der Waals surface area contributed by atoms with Gasteiger partial charge in [0, 0.05) is 10.8 Å². The summed E-state index contributed by atoms with van der Waals surface area (Å²) >= 11 is 0. The molecule has 0 fully saturated rings. The summed E-state index contributed by atoms with van der Waals surface area (Å²) < 4.78 is 12.3. The van der Waals surface area contributed by atoms with E-state index in [0.29, 0.717) is 0 Å². The quantitative estimate of drug-likeness (QED) is 0.135. The summed E-state index contributed by atoms with van der Waals surface area (Å²) in [7, 11) is 0. The van der Waals surface area contributed by atoms with E-state index in [9.17, 15) is 10.2 Å². The van der Waals surface area contributed by atoms with Gasteiger partial charge in [0.25, 0.3) is 0 Å². The van der Waals surface area contributed by atoms with Crippen LogP contribution in [0, 0.1) is 0 Å². The van der Waals surface area contributed by atoms with Crippen LogP contribution < -0.4 is 9.47 Å². The predicted octanol–water partition coefficient (Wildman–Crippen LogP) is 12.7. The average molecular weight is 791 g/mol. The molecule has 4 heteroatoms. The molecule has 10 aromatic carbocycles. The lowest BCUT2D eigenvalue weighted by atomic mass is 9.66. The molecule has 0 spiro atoms. The maximum atomic E-state index is 9.68. The predicted molar refractivity (Wildman–Crippen MR) is 250 cm³/mol. The van der Waals surface area contributed by atoms with Gasteiger partial charge in [-0.05, 0) is 124 Å². The Morgan fingerprint density at radius 1 is 0.344 bits per heavy atom. The van der Waals surface area contributed by atoms with Crippen molar-refractivity contribution in [2.24, 2.45) is 0 Å². The highest BCUT2D eigenvalue weighted by Gasteiger charge is 2.47. The lowest BCUT2D eigenvalue weighted by Gasteiger charge is -2.35. The summed E-state index contributed by atoms with van der Waals surface area (Å²) in [5.74, 6) is 1.53. The number of fused-ring (bicyclic) bond motifs is 9. The molecule has 1 aliphatic rings. The minimum atomic E-state index is -0.747. The normalized spacial score (nSPS) is 12.8. The molecule has 2 N–H and O–H groups in total. The summed E-state index contributed by atoms with van der Waals surface area (Å²) in [4.78, 5) is 0. The Bertz CT molecular complexity index is 3060. The molecule has 0 saturated carbocycles. The van der Waals surface area contributed by atoms with Crippen LogP contribution in [0.1, 0.15) is 22.3 Å². The smallest absolute Gasteiger partial charge is 0.127 e. The van der Waals surface area contributed by atoms with E-state index in [4.69, 9.17) is 9.47 Å². The monoisotopic (exact) mass is 790 g/mol. The van der Waals surface area contributed by atoms with Crippen molar-refractivity contribution in [2.75, 3.05) is 26.4 Å². The number of ether oxygens (including phenoxy) is 2. The molecule has 0 atom stereocenters. The van der Waals surface area contributed by atoms with Crippen LogP contribution in [0.25, 0.3) is 76.5 Å². The molecular weight excluding hydrogens is 749 g/mol. The lowest BCUT2D eigenvalue weighted by molar-refractivity contribution is 0.203. The number of benzene rings is 10. The van der Waals surface area contributed by atoms with Gasteiger partial charge in [-0.15, -0.1) is 0 Å². The molecule has 0 saturated heterocycles. The zero-order valence-electron chi connectivity index (χ0n) is 33.5. The van der Waals surface area contributed by atoms with Gasteiger partial charge in [0.2, 0.25) is 0 Å². The highest BCUT2D eigenvalue weighted by Crippen LogP contribution is 2.58. The Morgan fingerprint density at radius 3 is 1.18 bits per heavy atom. The van der Waals surface area contributed by atoms with Gasteiger partial charge in [0.15, 0.2) is 0 Å². The molecular formula is C57H42O4. The minimum Gasteiger partial charge on any atom is -0.491 e. The summed E-state index contributed by atoms with van der Waals surface area (Å²) in [6, 6.07) is 70.3. The van der Waals surface area contributed by atoms with Crippen molar-refractivity contribution in [1.29, 1.82) is 0 Å². The molecule has 0 unspecified atom stereocenters. The Balaban J connectivity index is 1.27. The van der Waals surface area contributed by atoms with Gasteiger partial charge in [0.05, 0.1) is 18.6 Å². The van der Waals surface area contributed by atoms with E-state index in [0.717, 1.165) is 76.8 Å². The summed E-state index contributed by atoms with van der Waals surface area (Å²) in [6.45, 7) is 0.341. The van der Waals surface area contributed by atoms with Crippen molar-refractivity contribution < 1.29 is 19.7 Å². The van der Waals surface area contributed by atoms with E-state index in [-0.39, 0.29) is 26.4 Å². The van der Waals surface area contributed by atoms with Crippen LogP contribution in [-0.4, -0.2) is 36.6 Å². The topological polar surface area (TPSA) is 58.9 Å². The zero-order valence-corrected chi connectivity index (χ0v) is 33.5. The second-order valence-corrected chi connectivity index (χ2v) is 15.9. The van der Waals surface area contributed by atoms with Crippen LogP contribution in [0.3, 0.4) is 0 Å². The summed E-state index contributed by atoms with van der Waals surface area (Å²) in [5, 5.41) is 28.0. The summed E-state index contributed by atoms with van der Waals surface area (Å²) in [5.41, 5.74) is 11.1. The molecule has 0 heterocycles. The van der Waals surface area contributed by atoms with Crippen LogP contribution >= 0.6 is 0 Å². The molecule has 4 nitrogen and oxygen atoms in total. The Hall–Kier alpha value is -7.24. The van der Waals surface area contributed by atoms with Crippen LogP contribution in [0.4, 0.5) is 0 Å². The van der Waals surface area contributed by atoms with Crippen LogP contribution in [0.2, 0.25) is 0 Å². The molecule has 294 valence electrons. The van der Waals surface area contributed by atoms with E-state index in [1.54, 1.807) is 0 Å². The molecule has 11 rings (SSSR count). The van der Waals surface area contributed by atoms with Crippen molar-refractivity contribution in [3.63, 3.8) is 0 Å². The van der Waals surface area contributed by atoms with E-state index >= 15 is 0 Å². The van der Waals surface area contributed by atoms with Gasteiger partial charge in [0.1, 0.15) is 24.7 Å². The number of rotatable bonds is 10. The van der Waals surface area contributed by atoms with E-state index in [1.165, 1.54) is 33.4 Å². The van der Waals surface area contributed by atoms with E-state index in [2.05, 4.69) is 182 Å². The second kappa shape index (κ2) is 15.1. The molecule has 0 aliphatic heterocycles. The fraction of sp³-hybridized carbons (Fsp3) is 0.0877. The number of aliphatic hydroxyl groups is 2. The van der Waals surface area contributed by atoms with Crippen molar-refractivity contribution in [3.8, 4) is 44.9 Å². The molecule has 10 aromatic rings. The maximum absolute atomic E-state index is 9.68. The lowest BCUT2D eigenvalue weighted by Crippen LogP contribution is -2.28. The fourth-order valence-corrected chi connectivity index (χ4v) is 9.88. The molecule has 0 aromatic heterocycles. The van der Waals surface area contributed by atoms with Crippen molar-refractivity contribution in [1.82, 2.24) is 0 Å². The Kier molecular flexibility index (Phi) is 9.11. The number of hydrogen-bond acceptors (Lipinski definition) is 4. The van der Waals surface area contributed by atoms with Crippen LogP contribution in [0.5, 0.6) is 11.5 Å². The van der Waals surface area contributed by atoms with Crippen molar-refractivity contribution in [2.45, 2.75) is 5.41 Å². The van der Waals surface area contributed by atoms with E-state index in [1.807, 2.05) is 12.1 Å². The highest BCUT2D eigenvalue weighted by atomic mass is 16.5. The van der Waals surface area contributed by atoms with Crippen molar-refractivity contribution in [3.05, 3.63) is 216 Å². The van der Waals surface area contributed by atoms with Crippen LogP contribution in [-0.2, 0) is 5.41 Å². The first kappa shape index (κ1) is 36.8. The van der Waals surface area contributed by atoms with Gasteiger partial charge >= 0.3 is 0 Å². The second-order valence-electron chi connectivity index (χ2n) is 15.9. The van der Waals surface area contributed by atoms with Gasteiger partial charge < -0.3 is 19.7 Å². The van der Waals surface area contributed by atoms with Gasteiger partial charge in [-0.1, -0.05) is 158 Å². The first-order valence-electron chi connectivity index (χ1n) is 21.0. The average Bonchev–Trinajstić information content (AvgIpc) is 3.62. The number of hydrogen-bond donors (Lipinski definition) is 2. The maximum Gasteiger partial charge on any atom is 0.127 e. The summed E-state index contributed by atoms with van der Waals surface area (Å²) in [6.07, 6.45) is 0. The molecule has 0 radical (unpaired) electrons. The van der Waals surface area contributed by atoms with Crippen LogP contribution in [0.15, 0.2) is 194 Å². The SMILES string of the molecule is OCCOc1cc2ccc(C3(c4ccc5cc(OCCO)c6ccccc6c5c4)c4cc(-c5ccccc5)ccc4-c4ccc(-c5ccccc5)cc43)cc2c2ccccc12. The number of aliphatic hydroxyl groups excluding tert-OH is 2. The van der Waals surface area contributed by atoms with Gasteiger partial charge in [-0.2, -0.15) is 0 Å². The third kappa shape index (κ3) is 5.98.